The number of rotatable bonds is 6. The van der Waals surface area contributed by atoms with Crippen LogP contribution in [0.4, 0.5) is 0 Å². The first-order valence-corrected chi connectivity index (χ1v) is 5.36. The van der Waals surface area contributed by atoms with E-state index in [0.29, 0.717) is 6.42 Å². The fourth-order valence-electron chi connectivity index (χ4n) is 1.22. The van der Waals surface area contributed by atoms with E-state index in [0.717, 1.165) is 12.8 Å². The molecule has 0 aromatic heterocycles. The van der Waals surface area contributed by atoms with E-state index in [4.69, 9.17) is 0 Å². The summed E-state index contributed by atoms with van der Waals surface area (Å²) in [6.45, 7) is 3.57. The number of unbranched alkanes of at least 4 members (excludes halogenated alkanes) is 4. The summed E-state index contributed by atoms with van der Waals surface area (Å²) in [6.07, 6.45) is 6.12. The Hall–Kier alpha value is -0.860. The van der Waals surface area contributed by atoms with Crippen LogP contribution in [0.15, 0.2) is 0 Å². The van der Waals surface area contributed by atoms with E-state index in [9.17, 15) is 9.59 Å². The molecule has 0 unspecified atom stereocenters. The summed E-state index contributed by atoms with van der Waals surface area (Å²) < 4.78 is 0. The van der Waals surface area contributed by atoms with Crippen molar-refractivity contribution in [1.29, 1.82) is 0 Å². The third kappa shape index (κ3) is 5.73. The normalized spacial score (nSPS) is 9.93. The van der Waals surface area contributed by atoms with Gasteiger partial charge < -0.3 is 0 Å². The van der Waals surface area contributed by atoms with Gasteiger partial charge in [-0.25, -0.2) is 0 Å². The van der Waals surface area contributed by atoms with E-state index in [1.165, 1.54) is 38.1 Å². The number of amides is 2. The summed E-state index contributed by atoms with van der Waals surface area (Å²) >= 11 is 0. The third-order valence-electron chi connectivity index (χ3n) is 2.34. The molecule has 0 spiro atoms. The van der Waals surface area contributed by atoms with Crippen LogP contribution in [0.2, 0.25) is 0 Å². The average Bonchev–Trinajstić information content (AvgIpc) is 2.16. The zero-order chi connectivity index (χ0) is 11.0. The van der Waals surface area contributed by atoms with Crippen LogP contribution in [0, 0.1) is 0 Å². The average molecular weight is 199 g/mol. The summed E-state index contributed by atoms with van der Waals surface area (Å²) in [6, 6.07) is 0. The van der Waals surface area contributed by atoms with Gasteiger partial charge in [-0.1, -0.05) is 32.6 Å². The minimum absolute atomic E-state index is 0.0611. The summed E-state index contributed by atoms with van der Waals surface area (Å²) in [7, 11) is 1.54. The standard InChI is InChI=1S/C11H21NO2/c1-4-5-6-7-8-9-11(14)12(3)10(2)13/h4-9H2,1-3H3. The predicted molar refractivity (Wildman–Crippen MR) is 56.8 cm³/mol. The molecule has 0 aliphatic carbocycles. The van der Waals surface area contributed by atoms with Gasteiger partial charge in [0.15, 0.2) is 0 Å². The minimum atomic E-state index is -0.177. The molecule has 0 heterocycles. The van der Waals surface area contributed by atoms with Crippen molar-refractivity contribution < 1.29 is 9.59 Å². The first-order chi connectivity index (χ1) is 6.59. The van der Waals surface area contributed by atoms with Gasteiger partial charge in [-0.2, -0.15) is 0 Å². The molecule has 82 valence electrons. The molecule has 0 aliphatic heterocycles. The number of hydrogen-bond donors (Lipinski definition) is 0. The summed E-state index contributed by atoms with van der Waals surface area (Å²) in [5.41, 5.74) is 0. The SMILES string of the molecule is CCCCCCCC(=O)N(C)C(C)=O. The molecule has 0 aliphatic rings. The minimum Gasteiger partial charge on any atom is -0.286 e. The van der Waals surface area contributed by atoms with Crippen LogP contribution in [-0.4, -0.2) is 23.8 Å². The van der Waals surface area contributed by atoms with Gasteiger partial charge >= 0.3 is 0 Å². The summed E-state index contributed by atoms with van der Waals surface area (Å²) in [4.78, 5) is 23.3. The van der Waals surface area contributed by atoms with Crippen molar-refractivity contribution >= 4 is 11.8 Å². The van der Waals surface area contributed by atoms with Gasteiger partial charge in [0.2, 0.25) is 11.8 Å². The molecule has 0 aromatic rings. The lowest BCUT2D eigenvalue weighted by Crippen LogP contribution is -2.30. The maximum absolute atomic E-state index is 11.3. The van der Waals surface area contributed by atoms with Crippen LogP contribution in [-0.2, 0) is 9.59 Å². The molecule has 0 radical (unpaired) electrons. The Kier molecular flexibility index (Phi) is 7.07. The number of hydrogen-bond acceptors (Lipinski definition) is 2. The van der Waals surface area contributed by atoms with Crippen LogP contribution in [0.25, 0.3) is 0 Å². The smallest absolute Gasteiger partial charge is 0.228 e. The van der Waals surface area contributed by atoms with Crippen molar-refractivity contribution in [2.45, 2.75) is 52.4 Å². The number of nitrogens with zero attached hydrogens (tertiary/aromatic N) is 1. The fraction of sp³-hybridized carbons (Fsp3) is 0.818. The van der Waals surface area contributed by atoms with Crippen molar-refractivity contribution in [1.82, 2.24) is 4.90 Å². The molecular formula is C11H21NO2. The van der Waals surface area contributed by atoms with Crippen molar-refractivity contribution in [3.05, 3.63) is 0 Å². The second-order valence-electron chi connectivity index (χ2n) is 3.64. The Bertz CT molecular complexity index is 190. The van der Waals surface area contributed by atoms with E-state index in [-0.39, 0.29) is 11.8 Å². The van der Waals surface area contributed by atoms with Gasteiger partial charge in [0.25, 0.3) is 0 Å². The van der Waals surface area contributed by atoms with Gasteiger partial charge in [-0.15, -0.1) is 0 Å². The summed E-state index contributed by atoms with van der Waals surface area (Å²) in [5.74, 6) is -0.238. The lowest BCUT2D eigenvalue weighted by Gasteiger charge is -2.12. The fourth-order valence-corrected chi connectivity index (χ4v) is 1.22. The topological polar surface area (TPSA) is 37.4 Å². The highest BCUT2D eigenvalue weighted by Gasteiger charge is 2.11. The Morgan fingerprint density at radius 2 is 1.64 bits per heavy atom. The highest BCUT2D eigenvalue weighted by atomic mass is 16.2. The molecule has 0 aromatic carbocycles. The van der Waals surface area contributed by atoms with Gasteiger partial charge in [0.05, 0.1) is 0 Å². The monoisotopic (exact) mass is 199 g/mol. The Morgan fingerprint density at radius 3 is 2.14 bits per heavy atom. The molecule has 0 saturated carbocycles. The largest absolute Gasteiger partial charge is 0.286 e. The number of carbonyl (C=O) groups is 2. The maximum atomic E-state index is 11.3. The van der Waals surface area contributed by atoms with Crippen molar-refractivity contribution in [3.8, 4) is 0 Å². The lowest BCUT2D eigenvalue weighted by molar-refractivity contribution is -0.141. The van der Waals surface area contributed by atoms with E-state index in [2.05, 4.69) is 6.92 Å². The Balaban J connectivity index is 3.49. The van der Waals surface area contributed by atoms with E-state index in [1.54, 1.807) is 0 Å². The first kappa shape index (κ1) is 13.1. The highest BCUT2D eigenvalue weighted by Crippen LogP contribution is 2.06. The number of imide groups is 1. The number of carbonyl (C=O) groups excluding carboxylic acids is 2. The zero-order valence-corrected chi connectivity index (χ0v) is 9.51. The van der Waals surface area contributed by atoms with Crippen molar-refractivity contribution in [2.75, 3.05) is 7.05 Å². The molecule has 14 heavy (non-hydrogen) atoms. The Morgan fingerprint density at radius 1 is 1.07 bits per heavy atom. The lowest BCUT2D eigenvalue weighted by atomic mass is 10.1. The van der Waals surface area contributed by atoms with Gasteiger partial charge in [0.1, 0.15) is 0 Å². The first-order valence-electron chi connectivity index (χ1n) is 5.36. The van der Waals surface area contributed by atoms with Crippen LogP contribution in [0.5, 0.6) is 0 Å². The van der Waals surface area contributed by atoms with Crippen LogP contribution in [0.1, 0.15) is 52.4 Å². The maximum Gasteiger partial charge on any atom is 0.228 e. The van der Waals surface area contributed by atoms with E-state index >= 15 is 0 Å². The van der Waals surface area contributed by atoms with E-state index < -0.39 is 0 Å². The van der Waals surface area contributed by atoms with E-state index in [1.807, 2.05) is 0 Å². The zero-order valence-electron chi connectivity index (χ0n) is 9.51. The molecule has 0 N–H and O–H groups in total. The second kappa shape index (κ2) is 7.54. The molecule has 0 saturated heterocycles. The highest BCUT2D eigenvalue weighted by molar-refractivity contribution is 5.93. The Labute approximate surface area is 86.5 Å². The van der Waals surface area contributed by atoms with Crippen LogP contribution in [0.3, 0.4) is 0 Å². The van der Waals surface area contributed by atoms with Gasteiger partial charge in [-0.05, 0) is 6.42 Å². The van der Waals surface area contributed by atoms with Crippen LogP contribution < -0.4 is 0 Å². The molecule has 0 bridgehead atoms. The molecular weight excluding hydrogens is 178 g/mol. The van der Waals surface area contributed by atoms with Crippen molar-refractivity contribution in [3.63, 3.8) is 0 Å². The third-order valence-corrected chi connectivity index (χ3v) is 2.34. The molecule has 0 rings (SSSR count). The second-order valence-corrected chi connectivity index (χ2v) is 3.64. The van der Waals surface area contributed by atoms with Gasteiger partial charge in [-0.3, -0.25) is 14.5 Å². The molecule has 0 fully saturated rings. The quantitative estimate of drug-likeness (QED) is 0.616. The summed E-state index contributed by atoms with van der Waals surface area (Å²) in [5, 5.41) is 0. The molecule has 0 atom stereocenters. The van der Waals surface area contributed by atoms with Gasteiger partial charge in [0, 0.05) is 20.4 Å². The van der Waals surface area contributed by atoms with Crippen molar-refractivity contribution in [2.24, 2.45) is 0 Å². The molecule has 3 heteroatoms. The predicted octanol–water partition coefficient (Wildman–Crippen LogP) is 2.35. The van der Waals surface area contributed by atoms with Crippen LogP contribution >= 0.6 is 0 Å². The molecule has 2 amide bonds. The molecule has 3 nitrogen and oxygen atoms in total.